The topological polar surface area (TPSA) is 60.9 Å². The van der Waals surface area contributed by atoms with Crippen LogP contribution in [0.25, 0.3) is 0 Å². The molecule has 0 saturated carbocycles. The zero-order valence-corrected chi connectivity index (χ0v) is 11.9. The molecule has 3 aliphatic heterocycles. The Balaban J connectivity index is 1.51. The SMILES string of the molecule is CN1CCC(C(=O)N2CC(N3C(=O)CCC3=O)C2)CC1. The number of likely N-dealkylation sites (tertiary alicyclic amines) is 3. The van der Waals surface area contributed by atoms with Crippen molar-refractivity contribution in [3.8, 4) is 0 Å². The number of imide groups is 1. The molecule has 0 N–H and O–H groups in total. The highest BCUT2D eigenvalue weighted by Gasteiger charge is 2.43. The van der Waals surface area contributed by atoms with E-state index in [2.05, 4.69) is 11.9 Å². The summed E-state index contributed by atoms with van der Waals surface area (Å²) in [5.74, 6) is 0.170. The monoisotopic (exact) mass is 279 g/mol. The fraction of sp³-hybridized carbons (Fsp3) is 0.786. The Morgan fingerprint density at radius 3 is 2.15 bits per heavy atom. The first-order valence-corrected chi connectivity index (χ1v) is 7.38. The lowest BCUT2D eigenvalue weighted by molar-refractivity contribution is -0.154. The summed E-state index contributed by atoms with van der Waals surface area (Å²) < 4.78 is 0. The molecule has 3 heterocycles. The minimum atomic E-state index is -0.0774. The number of rotatable bonds is 2. The van der Waals surface area contributed by atoms with Crippen molar-refractivity contribution in [2.45, 2.75) is 31.7 Å². The van der Waals surface area contributed by atoms with E-state index >= 15 is 0 Å². The summed E-state index contributed by atoms with van der Waals surface area (Å²) >= 11 is 0. The molecule has 0 aromatic carbocycles. The third kappa shape index (κ3) is 2.32. The lowest BCUT2D eigenvalue weighted by Crippen LogP contribution is -2.63. The highest BCUT2D eigenvalue weighted by molar-refractivity contribution is 6.02. The quantitative estimate of drug-likeness (QED) is 0.651. The van der Waals surface area contributed by atoms with Gasteiger partial charge in [0.2, 0.25) is 17.7 Å². The number of hydrogen-bond donors (Lipinski definition) is 0. The van der Waals surface area contributed by atoms with Gasteiger partial charge in [0.15, 0.2) is 0 Å². The van der Waals surface area contributed by atoms with Gasteiger partial charge in [-0.05, 0) is 33.0 Å². The van der Waals surface area contributed by atoms with Crippen LogP contribution in [0.4, 0.5) is 0 Å². The summed E-state index contributed by atoms with van der Waals surface area (Å²) in [6.07, 6.45) is 2.49. The summed E-state index contributed by atoms with van der Waals surface area (Å²) in [7, 11) is 2.07. The van der Waals surface area contributed by atoms with Crippen molar-refractivity contribution in [2.75, 3.05) is 33.2 Å². The largest absolute Gasteiger partial charge is 0.338 e. The number of piperidine rings is 1. The second-order valence-corrected chi connectivity index (χ2v) is 6.13. The van der Waals surface area contributed by atoms with Crippen molar-refractivity contribution in [3.05, 3.63) is 0 Å². The van der Waals surface area contributed by atoms with E-state index < -0.39 is 0 Å². The van der Waals surface area contributed by atoms with Gasteiger partial charge in [-0.2, -0.15) is 0 Å². The molecule has 110 valence electrons. The summed E-state index contributed by atoms with van der Waals surface area (Å²) in [6, 6.07) is -0.0762. The van der Waals surface area contributed by atoms with Crippen LogP contribution >= 0.6 is 0 Å². The lowest BCUT2D eigenvalue weighted by Gasteiger charge is -2.45. The van der Waals surface area contributed by atoms with Gasteiger partial charge in [0.1, 0.15) is 0 Å². The Morgan fingerprint density at radius 2 is 1.60 bits per heavy atom. The van der Waals surface area contributed by atoms with E-state index in [4.69, 9.17) is 0 Å². The van der Waals surface area contributed by atoms with Gasteiger partial charge in [0.05, 0.1) is 6.04 Å². The van der Waals surface area contributed by atoms with Gasteiger partial charge in [-0.1, -0.05) is 0 Å². The van der Waals surface area contributed by atoms with Crippen LogP contribution in [0, 0.1) is 5.92 Å². The molecule has 0 radical (unpaired) electrons. The van der Waals surface area contributed by atoms with Crippen LogP contribution in [0.3, 0.4) is 0 Å². The zero-order chi connectivity index (χ0) is 14.3. The van der Waals surface area contributed by atoms with Crippen LogP contribution < -0.4 is 0 Å². The van der Waals surface area contributed by atoms with E-state index in [0.717, 1.165) is 25.9 Å². The molecule has 0 bridgehead atoms. The maximum atomic E-state index is 12.3. The van der Waals surface area contributed by atoms with Gasteiger partial charge in [-0.3, -0.25) is 19.3 Å². The van der Waals surface area contributed by atoms with Crippen molar-refractivity contribution in [1.82, 2.24) is 14.7 Å². The van der Waals surface area contributed by atoms with Crippen LogP contribution in [0.5, 0.6) is 0 Å². The number of hydrogen-bond acceptors (Lipinski definition) is 4. The minimum absolute atomic E-state index is 0.0762. The molecule has 3 saturated heterocycles. The number of amides is 3. The number of carbonyl (C=O) groups is 3. The molecule has 0 atom stereocenters. The molecular formula is C14H21N3O3. The van der Waals surface area contributed by atoms with Crippen molar-refractivity contribution >= 4 is 17.7 Å². The summed E-state index contributed by atoms with van der Waals surface area (Å²) in [4.78, 5) is 41.0. The van der Waals surface area contributed by atoms with Crippen molar-refractivity contribution < 1.29 is 14.4 Å². The maximum Gasteiger partial charge on any atom is 0.230 e. The zero-order valence-electron chi connectivity index (χ0n) is 11.9. The smallest absolute Gasteiger partial charge is 0.230 e. The van der Waals surface area contributed by atoms with Gasteiger partial charge in [-0.25, -0.2) is 0 Å². The molecule has 3 rings (SSSR count). The third-order valence-corrected chi connectivity index (χ3v) is 4.70. The Bertz CT molecular complexity index is 421. The van der Waals surface area contributed by atoms with Gasteiger partial charge in [0, 0.05) is 31.8 Å². The van der Waals surface area contributed by atoms with E-state index in [9.17, 15) is 14.4 Å². The van der Waals surface area contributed by atoms with E-state index in [1.54, 1.807) is 4.90 Å². The van der Waals surface area contributed by atoms with Gasteiger partial charge < -0.3 is 9.80 Å². The summed E-state index contributed by atoms with van der Waals surface area (Å²) in [5.41, 5.74) is 0. The third-order valence-electron chi connectivity index (χ3n) is 4.70. The van der Waals surface area contributed by atoms with Crippen LogP contribution in [0.15, 0.2) is 0 Å². The average Bonchev–Trinajstić information content (AvgIpc) is 2.70. The fourth-order valence-corrected chi connectivity index (χ4v) is 3.31. The van der Waals surface area contributed by atoms with Crippen molar-refractivity contribution in [3.63, 3.8) is 0 Å². The van der Waals surface area contributed by atoms with Gasteiger partial charge in [-0.15, -0.1) is 0 Å². The fourth-order valence-electron chi connectivity index (χ4n) is 3.31. The van der Waals surface area contributed by atoms with E-state index in [1.165, 1.54) is 4.90 Å². The summed E-state index contributed by atoms with van der Waals surface area (Å²) in [5, 5.41) is 0. The van der Waals surface area contributed by atoms with Crippen LogP contribution in [0.1, 0.15) is 25.7 Å². The molecule has 0 spiro atoms. The predicted molar refractivity (Wildman–Crippen MR) is 71.7 cm³/mol. The Hall–Kier alpha value is -1.43. The molecule has 3 fully saturated rings. The van der Waals surface area contributed by atoms with E-state index in [1.807, 2.05) is 0 Å². The Labute approximate surface area is 118 Å². The van der Waals surface area contributed by atoms with Crippen molar-refractivity contribution in [2.24, 2.45) is 5.92 Å². The second kappa shape index (κ2) is 5.16. The minimum Gasteiger partial charge on any atom is -0.338 e. The predicted octanol–water partition coefficient (Wildman–Crippen LogP) is -0.312. The standard InChI is InChI=1S/C14H21N3O3/c1-15-6-4-10(5-7-15)14(20)16-8-11(9-16)17-12(18)2-3-13(17)19/h10-11H,2-9H2,1H3. The maximum absolute atomic E-state index is 12.3. The normalized spacial score (nSPS) is 26.2. The highest BCUT2D eigenvalue weighted by Crippen LogP contribution is 2.26. The first-order valence-electron chi connectivity index (χ1n) is 7.38. The van der Waals surface area contributed by atoms with Crippen LogP contribution in [-0.4, -0.2) is 71.7 Å². The van der Waals surface area contributed by atoms with Crippen LogP contribution in [-0.2, 0) is 14.4 Å². The Morgan fingerprint density at radius 1 is 1.05 bits per heavy atom. The number of carbonyl (C=O) groups excluding carboxylic acids is 3. The number of nitrogens with zero attached hydrogens (tertiary/aromatic N) is 3. The first kappa shape index (κ1) is 13.5. The molecule has 3 aliphatic rings. The highest BCUT2D eigenvalue weighted by atomic mass is 16.2. The molecule has 6 heteroatoms. The molecule has 0 aromatic rings. The molecule has 0 aliphatic carbocycles. The molecular weight excluding hydrogens is 258 g/mol. The molecule has 6 nitrogen and oxygen atoms in total. The van der Waals surface area contributed by atoms with Crippen molar-refractivity contribution in [1.29, 1.82) is 0 Å². The molecule has 3 amide bonds. The molecule has 0 aromatic heterocycles. The lowest BCUT2D eigenvalue weighted by atomic mass is 9.93. The van der Waals surface area contributed by atoms with E-state index in [-0.39, 0.29) is 29.7 Å². The second-order valence-electron chi connectivity index (χ2n) is 6.13. The van der Waals surface area contributed by atoms with E-state index in [0.29, 0.717) is 25.9 Å². The average molecular weight is 279 g/mol. The first-order chi connectivity index (χ1) is 9.56. The Kier molecular flexibility index (Phi) is 3.50. The van der Waals surface area contributed by atoms with Crippen LogP contribution in [0.2, 0.25) is 0 Å². The van der Waals surface area contributed by atoms with Gasteiger partial charge in [0.25, 0.3) is 0 Å². The summed E-state index contributed by atoms with van der Waals surface area (Å²) in [6.45, 7) is 3.00. The van der Waals surface area contributed by atoms with Gasteiger partial charge >= 0.3 is 0 Å². The molecule has 20 heavy (non-hydrogen) atoms. The molecule has 0 unspecified atom stereocenters.